The van der Waals surface area contributed by atoms with E-state index in [9.17, 15) is 0 Å². The Labute approximate surface area is 63.7 Å². The van der Waals surface area contributed by atoms with Crippen LogP contribution in [0.2, 0.25) is 5.32 Å². The fourth-order valence-electron chi connectivity index (χ4n) is 0.340. The van der Waals surface area contributed by atoms with E-state index in [1.807, 2.05) is 0 Å². The minimum absolute atomic E-state index is 0.343. The minimum atomic E-state index is -0.343. The van der Waals surface area contributed by atoms with Crippen molar-refractivity contribution in [2.45, 2.75) is 11.4 Å². The van der Waals surface area contributed by atoms with Gasteiger partial charge in [-0.1, -0.05) is 0 Å². The summed E-state index contributed by atoms with van der Waals surface area (Å²) >= 11 is 2.32. The summed E-state index contributed by atoms with van der Waals surface area (Å²) in [7, 11) is 0. The molecule has 0 aliphatic rings. The summed E-state index contributed by atoms with van der Waals surface area (Å²) in [5, 5.41) is 9.59. The molecule has 0 aromatic rings. The van der Waals surface area contributed by atoms with Crippen molar-refractivity contribution in [2.75, 3.05) is 13.2 Å². The average Bonchev–Trinajstić information content (AvgIpc) is 1.89. The molecule has 0 saturated heterocycles. The molecule has 3 heteroatoms. The van der Waals surface area contributed by atoms with Gasteiger partial charge in [-0.3, -0.25) is 0 Å². The average molecular weight is 195 g/mol. The SMILES string of the molecule is C=CCOC[C@@H](O)C[SeH]. The zero-order valence-electron chi connectivity index (χ0n) is 5.29. The van der Waals surface area contributed by atoms with E-state index in [1.54, 1.807) is 6.08 Å². The van der Waals surface area contributed by atoms with Gasteiger partial charge in [0.2, 0.25) is 0 Å². The van der Waals surface area contributed by atoms with E-state index in [2.05, 4.69) is 22.6 Å². The molecule has 0 aromatic heterocycles. The van der Waals surface area contributed by atoms with Crippen LogP contribution >= 0.6 is 0 Å². The Morgan fingerprint density at radius 1 is 1.78 bits per heavy atom. The molecule has 0 fully saturated rings. The Morgan fingerprint density at radius 3 is 2.89 bits per heavy atom. The molecule has 1 N–H and O–H groups in total. The molecule has 0 aromatic carbocycles. The number of ether oxygens (including phenoxy) is 1. The molecule has 1 atom stereocenters. The predicted molar refractivity (Wildman–Crippen MR) is 39.0 cm³/mol. The van der Waals surface area contributed by atoms with Gasteiger partial charge in [-0.05, 0) is 0 Å². The van der Waals surface area contributed by atoms with Crippen LogP contribution in [0.1, 0.15) is 0 Å². The summed E-state index contributed by atoms with van der Waals surface area (Å²) in [6, 6.07) is 0. The quantitative estimate of drug-likeness (QED) is 0.376. The summed E-state index contributed by atoms with van der Waals surface area (Å²) in [4.78, 5) is 0. The van der Waals surface area contributed by atoms with E-state index in [1.165, 1.54) is 0 Å². The van der Waals surface area contributed by atoms with Gasteiger partial charge in [0.25, 0.3) is 0 Å². The van der Waals surface area contributed by atoms with Crippen LogP contribution in [0.3, 0.4) is 0 Å². The second-order valence-electron chi connectivity index (χ2n) is 1.66. The maximum atomic E-state index is 8.91. The number of aliphatic hydroxyl groups excluding tert-OH is 1. The molecule has 0 bridgehead atoms. The molecule has 2 nitrogen and oxygen atoms in total. The van der Waals surface area contributed by atoms with Gasteiger partial charge >= 0.3 is 63.1 Å². The first-order chi connectivity index (χ1) is 4.31. The van der Waals surface area contributed by atoms with E-state index in [-0.39, 0.29) is 6.10 Å². The zero-order valence-corrected chi connectivity index (χ0v) is 7.16. The fraction of sp³-hybridized carbons (Fsp3) is 0.667. The zero-order chi connectivity index (χ0) is 7.11. The molecule has 0 spiro atoms. The van der Waals surface area contributed by atoms with Gasteiger partial charge in [-0.15, -0.1) is 0 Å². The molecule has 0 unspecified atom stereocenters. The van der Waals surface area contributed by atoms with E-state index >= 15 is 0 Å². The first-order valence-corrected chi connectivity index (χ1v) is 4.11. The molecule has 0 heterocycles. The van der Waals surface area contributed by atoms with Gasteiger partial charge in [-0.25, -0.2) is 0 Å². The molecule has 0 rings (SSSR count). The molecule has 0 amide bonds. The first kappa shape index (κ1) is 9.18. The summed E-state index contributed by atoms with van der Waals surface area (Å²) in [5.41, 5.74) is 0. The van der Waals surface area contributed by atoms with Crippen molar-refractivity contribution >= 4 is 16.0 Å². The number of hydrogen-bond acceptors (Lipinski definition) is 2. The Kier molecular flexibility index (Phi) is 6.43. The van der Waals surface area contributed by atoms with Crippen LogP contribution in [0, 0.1) is 0 Å². The topological polar surface area (TPSA) is 29.5 Å². The molecule has 0 aliphatic carbocycles. The molecule has 0 saturated carbocycles. The molecule has 9 heavy (non-hydrogen) atoms. The van der Waals surface area contributed by atoms with E-state index in [0.29, 0.717) is 18.5 Å². The molecule has 0 radical (unpaired) electrons. The molecule has 0 aliphatic heterocycles. The summed E-state index contributed by atoms with van der Waals surface area (Å²) in [6.07, 6.45) is 1.32. The van der Waals surface area contributed by atoms with Crippen LogP contribution in [-0.4, -0.2) is 40.4 Å². The van der Waals surface area contributed by atoms with Crippen LogP contribution in [0.5, 0.6) is 0 Å². The van der Waals surface area contributed by atoms with Gasteiger partial charge in [0.05, 0.1) is 0 Å². The van der Waals surface area contributed by atoms with Crippen molar-refractivity contribution < 1.29 is 9.84 Å². The van der Waals surface area contributed by atoms with Crippen LogP contribution in [0.15, 0.2) is 12.7 Å². The Morgan fingerprint density at radius 2 is 2.44 bits per heavy atom. The summed E-state index contributed by atoms with van der Waals surface area (Å²) in [6.45, 7) is 4.39. The monoisotopic (exact) mass is 196 g/mol. The van der Waals surface area contributed by atoms with Crippen molar-refractivity contribution in [2.24, 2.45) is 0 Å². The fourth-order valence-corrected chi connectivity index (χ4v) is 0.561. The van der Waals surface area contributed by atoms with E-state index in [4.69, 9.17) is 9.84 Å². The third-order valence-corrected chi connectivity index (χ3v) is 1.64. The number of aliphatic hydroxyl groups is 1. The Balaban J connectivity index is 2.96. The van der Waals surface area contributed by atoms with E-state index < -0.39 is 0 Å². The summed E-state index contributed by atoms with van der Waals surface area (Å²) in [5.74, 6) is 0. The van der Waals surface area contributed by atoms with Crippen LogP contribution in [0.25, 0.3) is 0 Å². The predicted octanol–water partition coefficient (Wildman–Crippen LogP) is -0.131. The number of hydrogen-bond donors (Lipinski definition) is 1. The normalized spacial score (nSPS) is 13.1. The molecule has 54 valence electrons. The summed E-state index contributed by atoms with van der Waals surface area (Å²) < 4.78 is 4.96. The Bertz CT molecular complexity index is 75.5. The first-order valence-electron chi connectivity index (χ1n) is 2.78. The second kappa shape index (κ2) is 6.30. The van der Waals surface area contributed by atoms with Crippen molar-refractivity contribution in [3.05, 3.63) is 12.7 Å². The van der Waals surface area contributed by atoms with Crippen molar-refractivity contribution in [1.29, 1.82) is 0 Å². The van der Waals surface area contributed by atoms with Gasteiger partial charge in [-0.2, -0.15) is 0 Å². The third-order valence-electron chi connectivity index (χ3n) is 0.757. The molecular formula is C6H12O2Se. The van der Waals surface area contributed by atoms with E-state index in [0.717, 1.165) is 0 Å². The van der Waals surface area contributed by atoms with Crippen molar-refractivity contribution in [3.8, 4) is 0 Å². The van der Waals surface area contributed by atoms with Gasteiger partial charge in [0, 0.05) is 0 Å². The van der Waals surface area contributed by atoms with Crippen LogP contribution < -0.4 is 0 Å². The Hall–Kier alpha value is 0.179. The second-order valence-corrected chi connectivity index (χ2v) is 2.43. The van der Waals surface area contributed by atoms with Gasteiger partial charge < -0.3 is 0 Å². The third kappa shape index (κ3) is 6.06. The number of rotatable bonds is 5. The standard InChI is InChI=1S/C6H12O2Se/c1-2-3-8-4-6(7)5-9/h2,6-7,9H,1,3-5H2/t6-/m1/s1. The van der Waals surface area contributed by atoms with Crippen molar-refractivity contribution in [3.63, 3.8) is 0 Å². The van der Waals surface area contributed by atoms with Crippen molar-refractivity contribution in [1.82, 2.24) is 0 Å². The van der Waals surface area contributed by atoms with Crippen LogP contribution in [-0.2, 0) is 4.74 Å². The van der Waals surface area contributed by atoms with Gasteiger partial charge in [0.15, 0.2) is 0 Å². The van der Waals surface area contributed by atoms with Gasteiger partial charge in [0.1, 0.15) is 0 Å². The van der Waals surface area contributed by atoms with Crippen LogP contribution in [0.4, 0.5) is 0 Å². The maximum absolute atomic E-state index is 8.91. The molecular weight excluding hydrogens is 183 g/mol.